The molecule has 3 rings (SSSR count). The Morgan fingerprint density at radius 1 is 1.03 bits per heavy atom. The molecule has 178 valence electrons. The Hall–Kier alpha value is -3.36. The zero-order valence-electron chi connectivity index (χ0n) is 19.7. The lowest BCUT2D eigenvalue weighted by Gasteiger charge is -2.18. The molecule has 3 aromatic rings. The van der Waals surface area contributed by atoms with Crippen molar-refractivity contribution in [3.05, 3.63) is 71.8 Å². The van der Waals surface area contributed by atoms with E-state index in [1.54, 1.807) is 0 Å². The maximum absolute atomic E-state index is 10.9. The van der Waals surface area contributed by atoms with E-state index in [9.17, 15) is 9.90 Å². The van der Waals surface area contributed by atoms with E-state index in [0.29, 0.717) is 30.9 Å². The summed E-state index contributed by atoms with van der Waals surface area (Å²) < 4.78 is 6.06. The fourth-order valence-electron chi connectivity index (χ4n) is 3.89. The quantitative estimate of drug-likeness (QED) is 0.258. The smallest absolute Gasteiger partial charge is 0.381 e. The number of hydrogen-bond acceptors (Lipinski definition) is 4. The van der Waals surface area contributed by atoms with Gasteiger partial charge in [0, 0.05) is 23.3 Å². The van der Waals surface area contributed by atoms with Gasteiger partial charge in [-0.3, -0.25) is 0 Å². The van der Waals surface area contributed by atoms with Crippen LogP contribution in [-0.2, 0) is 11.2 Å². The maximum atomic E-state index is 10.9. The van der Waals surface area contributed by atoms with Crippen molar-refractivity contribution in [2.75, 3.05) is 6.61 Å². The summed E-state index contributed by atoms with van der Waals surface area (Å²) in [5, 5.41) is 20.6. The fourth-order valence-corrected chi connectivity index (χ4v) is 3.89. The molecule has 0 spiro atoms. The molecule has 0 saturated carbocycles. The molecular weight excluding hydrogens is 426 g/mol. The van der Waals surface area contributed by atoms with Crippen LogP contribution in [0.25, 0.3) is 10.9 Å². The number of unbranched alkanes of at least 4 members (excludes halogenated alkanes) is 2. The zero-order valence-corrected chi connectivity index (χ0v) is 19.7. The summed E-state index contributed by atoms with van der Waals surface area (Å²) in [5.74, 6) is 4.38. The SMILES string of the molecule is CC(CC#CC(=O)O)CCC(O)c1cc2ccccc2nc1OCCCCCc1ccccc1. The van der Waals surface area contributed by atoms with E-state index in [1.165, 1.54) is 5.56 Å². The van der Waals surface area contributed by atoms with Gasteiger partial charge in [-0.15, -0.1) is 0 Å². The van der Waals surface area contributed by atoms with Crippen molar-refractivity contribution < 1.29 is 19.7 Å². The van der Waals surface area contributed by atoms with Gasteiger partial charge in [0.05, 0.1) is 18.2 Å². The lowest BCUT2D eigenvalue weighted by atomic mass is 9.96. The van der Waals surface area contributed by atoms with Gasteiger partial charge < -0.3 is 14.9 Å². The molecular formula is C29H33NO4. The first-order valence-corrected chi connectivity index (χ1v) is 12.0. The molecule has 1 heterocycles. The van der Waals surface area contributed by atoms with Crippen LogP contribution in [0.5, 0.6) is 5.88 Å². The number of aryl methyl sites for hydroxylation is 1. The minimum absolute atomic E-state index is 0.184. The Morgan fingerprint density at radius 3 is 2.59 bits per heavy atom. The van der Waals surface area contributed by atoms with Crippen molar-refractivity contribution in [3.8, 4) is 17.7 Å². The molecule has 0 aliphatic rings. The highest BCUT2D eigenvalue weighted by Gasteiger charge is 2.17. The number of nitrogens with zero attached hydrogens (tertiary/aromatic N) is 1. The predicted molar refractivity (Wildman–Crippen MR) is 135 cm³/mol. The third-order valence-corrected chi connectivity index (χ3v) is 5.85. The summed E-state index contributed by atoms with van der Waals surface area (Å²) in [6.07, 6.45) is 5.20. The maximum Gasteiger partial charge on any atom is 0.381 e. The van der Waals surface area contributed by atoms with E-state index in [4.69, 9.17) is 9.84 Å². The Balaban J connectivity index is 1.56. The van der Waals surface area contributed by atoms with E-state index in [2.05, 4.69) is 41.1 Å². The molecule has 0 radical (unpaired) electrons. The number of hydrogen-bond donors (Lipinski definition) is 2. The van der Waals surface area contributed by atoms with E-state index in [-0.39, 0.29) is 5.92 Å². The van der Waals surface area contributed by atoms with Crippen molar-refractivity contribution in [2.24, 2.45) is 5.92 Å². The summed E-state index contributed by atoms with van der Waals surface area (Å²) in [7, 11) is 0. The number of aliphatic carboxylic acids is 1. The van der Waals surface area contributed by atoms with E-state index < -0.39 is 12.1 Å². The molecule has 2 unspecified atom stereocenters. The van der Waals surface area contributed by atoms with Crippen LogP contribution in [0, 0.1) is 17.8 Å². The number of benzene rings is 2. The molecule has 0 bridgehead atoms. The molecule has 2 aromatic carbocycles. The van der Waals surface area contributed by atoms with Crippen molar-refractivity contribution in [1.82, 2.24) is 4.98 Å². The van der Waals surface area contributed by atoms with Gasteiger partial charge in [0.2, 0.25) is 5.88 Å². The number of ether oxygens (including phenoxy) is 1. The van der Waals surface area contributed by atoms with Gasteiger partial charge in [-0.25, -0.2) is 9.78 Å². The van der Waals surface area contributed by atoms with Gasteiger partial charge >= 0.3 is 5.97 Å². The summed E-state index contributed by atoms with van der Waals surface area (Å²) in [4.78, 5) is 15.2. The molecule has 34 heavy (non-hydrogen) atoms. The van der Waals surface area contributed by atoms with Crippen molar-refractivity contribution in [2.45, 2.75) is 58.0 Å². The highest BCUT2D eigenvalue weighted by molar-refractivity contribution is 5.86. The second-order valence-corrected chi connectivity index (χ2v) is 8.73. The van der Waals surface area contributed by atoms with E-state index in [0.717, 1.165) is 43.0 Å². The molecule has 5 nitrogen and oxygen atoms in total. The highest BCUT2D eigenvalue weighted by atomic mass is 16.5. The normalized spacial score (nSPS) is 12.5. The number of aliphatic hydroxyl groups excluding tert-OH is 1. The first kappa shape index (κ1) is 25.3. The first-order valence-electron chi connectivity index (χ1n) is 12.0. The molecule has 0 aliphatic carbocycles. The van der Waals surface area contributed by atoms with Crippen LogP contribution < -0.4 is 4.74 Å². The number of carbonyl (C=O) groups is 1. The number of aromatic nitrogens is 1. The second kappa shape index (κ2) is 13.4. The number of aliphatic hydroxyl groups is 1. The largest absolute Gasteiger partial charge is 0.477 e. The topological polar surface area (TPSA) is 79.7 Å². The molecule has 0 amide bonds. The molecule has 5 heteroatoms. The first-order chi connectivity index (χ1) is 16.5. The monoisotopic (exact) mass is 459 g/mol. The van der Waals surface area contributed by atoms with Gasteiger partial charge in [0.1, 0.15) is 0 Å². The number of carboxylic acids is 1. The lowest BCUT2D eigenvalue weighted by Crippen LogP contribution is -2.08. The van der Waals surface area contributed by atoms with Gasteiger partial charge in [-0.05, 0) is 62.1 Å². The third-order valence-electron chi connectivity index (χ3n) is 5.85. The Morgan fingerprint density at radius 2 is 1.79 bits per heavy atom. The van der Waals surface area contributed by atoms with Crippen LogP contribution in [0.4, 0.5) is 0 Å². The molecule has 1 aromatic heterocycles. The van der Waals surface area contributed by atoms with Gasteiger partial charge in [0.15, 0.2) is 0 Å². The number of pyridine rings is 1. The lowest BCUT2D eigenvalue weighted by molar-refractivity contribution is -0.130. The Kier molecular flexibility index (Phi) is 9.94. The molecule has 2 atom stereocenters. The summed E-state index contributed by atoms with van der Waals surface area (Å²) >= 11 is 0. The van der Waals surface area contributed by atoms with Gasteiger partial charge in [0.25, 0.3) is 0 Å². The Labute approximate surface area is 201 Å². The highest BCUT2D eigenvalue weighted by Crippen LogP contribution is 2.31. The Bertz CT molecular complexity index is 1120. The average Bonchev–Trinajstić information content (AvgIpc) is 2.84. The van der Waals surface area contributed by atoms with Crippen LogP contribution in [-0.4, -0.2) is 27.8 Å². The number of fused-ring (bicyclic) bond motifs is 1. The van der Waals surface area contributed by atoms with E-state index in [1.807, 2.05) is 43.3 Å². The molecule has 2 N–H and O–H groups in total. The van der Waals surface area contributed by atoms with Crippen LogP contribution in [0.1, 0.15) is 62.7 Å². The second-order valence-electron chi connectivity index (χ2n) is 8.73. The molecule has 0 saturated heterocycles. The van der Waals surface area contributed by atoms with Crippen LogP contribution >= 0.6 is 0 Å². The standard InChI is InChI=1S/C29H33NO4/c1-22(11-10-17-28(32)33)18-19-27(31)25-21-24-15-7-8-16-26(24)30-29(25)34-20-9-3-6-14-23-12-4-2-5-13-23/h2,4-5,7-8,12-13,15-16,21-22,27,31H,3,6,9,11,14,18-20H2,1H3,(H,32,33). The molecule has 0 fully saturated rings. The molecule has 0 aliphatic heterocycles. The zero-order chi connectivity index (χ0) is 24.2. The van der Waals surface area contributed by atoms with E-state index >= 15 is 0 Å². The minimum Gasteiger partial charge on any atom is -0.477 e. The number of para-hydroxylation sites is 1. The predicted octanol–water partition coefficient (Wildman–Crippen LogP) is 5.95. The van der Waals surface area contributed by atoms with Gasteiger partial charge in [-0.1, -0.05) is 61.4 Å². The minimum atomic E-state index is -1.11. The summed E-state index contributed by atoms with van der Waals surface area (Å²) in [6, 6.07) is 20.3. The van der Waals surface area contributed by atoms with Crippen LogP contribution in [0.3, 0.4) is 0 Å². The average molecular weight is 460 g/mol. The summed E-state index contributed by atoms with van der Waals surface area (Å²) in [5.41, 5.74) is 2.90. The number of rotatable bonds is 12. The van der Waals surface area contributed by atoms with Gasteiger partial charge in [-0.2, -0.15) is 0 Å². The number of carboxylic acid groups (broad SMARTS) is 1. The van der Waals surface area contributed by atoms with Crippen molar-refractivity contribution >= 4 is 16.9 Å². The van der Waals surface area contributed by atoms with Crippen molar-refractivity contribution in [1.29, 1.82) is 0 Å². The van der Waals surface area contributed by atoms with Crippen LogP contribution in [0.2, 0.25) is 0 Å². The van der Waals surface area contributed by atoms with Crippen molar-refractivity contribution in [3.63, 3.8) is 0 Å². The van der Waals surface area contributed by atoms with Crippen LogP contribution in [0.15, 0.2) is 60.7 Å². The fraction of sp³-hybridized carbons (Fsp3) is 0.379. The summed E-state index contributed by atoms with van der Waals surface area (Å²) in [6.45, 7) is 2.57. The third kappa shape index (κ3) is 8.20.